The Balaban J connectivity index is 2.06. The highest BCUT2D eigenvalue weighted by atomic mass is 15.2. The van der Waals surface area contributed by atoms with Crippen molar-refractivity contribution in [1.29, 1.82) is 0 Å². The predicted molar refractivity (Wildman–Crippen MR) is 93.8 cm³/mol. The molecule has 0 aromatic carbocycles. The molecule has 1 nitrogen and oxygen atoms in total. The van der Waals surface area contributed by atoms with Gasteiger partial charge in [-0.05, 0) is 46.6 Å². The van der Waals surface area contributed by atoms with E-state index in [0.717, 1.165) is 0 Å². The summed E-state index contributed by atoms with van der Waals surface area (Å²) in [5.74, 6) is 0. The van der Waals surface area contributed by atoms with Crippen molar-refractivity contribution < 1.29 is 0 Å². The molecule has 2 rings (SSSR count). The summed E-state index contributed by atoms with van der Waals surface area (Å²) in [4.78, 5) is 2.84. The van der Waals surface area contributed by atoms with E-state index < -0.39 is 0 Å². The van der Waals surface area contributed by atoms with Crippen LogP contribution in [-0.2, 0) is 0 Å². The lowest BCUT2D eigenvalue weighted by Gasteiger charge is -2.51. The average Bonchev–Trinajstić information content (AvgIpc) is 2.55. The van der Waals surface area contributed by atoms with Gasteiger partial charge in [-0.25, -0.2) is 0 Å². The minimum Gasteiger partial charge on any atom is -0.296 e. The molecule has 0 bridgehead atoms. The van der Waals surface area contributed by atoms with Crippen molar-refractivity contribution in [2.45, 2.75) is 121 Å². The maximum absolute atomic E-state index is 2.84. The van der Waals surface area contributed by atoms with Gasteiger partial charge >= 0.3 is 0 Å². The molecule has 1 heteroatoms. The highest BCUT2D eigenvalue weighted by molar-refractivity contribution is 4.96. The van der Waals surface area contributed by atoms with Crippen LogP contribution < -0.4 is 0 Å². The lowest BCUT2D eigenvalue weighted by molar-refractivity contribution is -0.00707. The zero-order chi connectivity index (χ0) is 15.2. The summed E-state index contributed by atoms with van der Waals surface area (Å²) in [6.07, 6.45) is 21.7. The van der Waals surface area contributed by atoms with Crippen LogP contribution in [0.15, 0.2) is 0 Å². The van der Waals surface area contributed by atoms with E-state index in [9.17, 15) is 0 Å². The van der Waals surface area contributed by atoms with Gasteiger partial charge < -0.3 is 0 Å². The van der Waals surface area contributed by atoms with E-state index >= 15 is 0 Å². The van der Waals surface area contributed by atoms with Crippen LogP contribution in [0.25, 0.3) is 0 Å². The van der Waals surface area contributed by atoms with Crippen LogP contribution in [0.2, 0.25) is 0 Å². The Hall–Kier alpha value is -0.0400. The third-order valence-corrected chi connectivity index (χ3v) is 6.73. The molecule has 0 atom stereocenters. The molecule has 0 aliphatic heterocycles. The quantitative estimate of drug-likeness (QED) is 0.576. The first-order valence-corrected chi connectivity index (χ1v) is 9.81. The summed E-state index contributed by atoms with van der Waals surface area (Å²) in [5.41, 5.74) is 0.890. The van der Waals surface area contributed by atoms with Crippen molar-refractivity contribution in [3.05, 3.63) is 0 Å². The van der Waals surface area contributed by atoms with Crippen molar-refractivity contribution in [2.24, 2.45) is 0 Å². The zero-order valence-electron chi connectivity index (χ0n) is 15.1. The monoisotopic (exact) mass is 293 g/mol. The Morgan fingerprint density at radius 1 is 0.476 bits per heavy atom. The molecule has 0 radical (unpaired) electrons. The second-order valence-corrected chi connectivity index (χ2v) is 8.44. The van der Waals surface area contributed by atoms with Crippen molar-refractivity contribution in [2.75, 3.05) is 7.05 Å². The van der Waals surface area contributed by atoms with Crippen LogP contribution in [0, 0.1) is 0 Å². The van der Waals surface area contributed by atoms with Gasteiger partial charge in [-0.3, -0.25) is 4.90 Å². The Morgan fingerprint density at radius 3 is 1.00 bits per heavy atom. The van der Waals surface area contributed by atoms with Gasteiger partial charge in [0.05, 0.1) is 0 Å². The molecule has 0 aromatic heterocycles. The Morgan fingerprint density at radius 2 is 0.714 bits per heavy atom. The van der Waals surface area contributed by atoms with Gasteiger partial charge in [-0.1, -0.05) is 70.6 Å². The molecular weight excluding hydrogens is 254 g/mol. The largest absolute Gasteiger partial charge is 0.296 e. The second kappa shape index (κ2) is 7.99. The fourth-order valence-electron chi connectivity index (χ4n) is 4.83. The molecule has 2 fully saturated rings. The summed E-state index contributed by atoms with van der Waals surface area (Å²) in [6.45, 7) is 5.14. The predicted octanol–water partition coefficient (Wildman–Crippen LogP) is 6.31. The normalized spacial score (nSPS) is 28.0. The first-order valence-electron chi connectivity index (χ1n) is 9.81. The molecule has 2 saturated carbocycles. The zero-order valence-corrected chi connectivity index (χ0v) is 15.1. The van der Waals surface area contributed by atoms with E-state index in [4.69, 9.17) is 0 Å². The first kappa shape index (κ1) is 17.3. The molecule has 21 heavy (non-hydrogen) atoms. The highest BCUT2D eigenvalue weighted by Crippen LogP contribution is 2.39. The van der Waals surface area contributed by atoms with Crippen LogP contribution >= 0.6 is 0 Å². The summed E-state index contributed by atoms with van der Waals surface area (Å²) in [6, 6.07) is 0. The third-order valence-electron chi connectivity index (χ3n) is 6.73. The topological polar surface area (TPSA) is 3.24 Å². The van der Waals surface area contributed by atoms with Gasteiger partial charge in [0.15, 0.2) is 0 Å². The van der Waals surface area contributed by atoms with E-state index in [1.807, 2.05) is 0 Å². The molecule has 0 amide bonds. The summed E-state index contributed by atoms with van der Waals surface area (Å²) in [7, 11) is 2.46. The Bertz CT molecular complexity index is 278. The fourth-order valence-corrected chi connectivity index (χ4v) is 4.83. The van der Waals surface area contributed by atoms with Gasteiger partial charge in [-0.2, -0.15) is 0 Å². The van der Waals surface area contributed by atoms with Crippen LogP contribution in [0.1, 0.15) is 110 Å². The summed E-state index contributed by atoms with van der Waals surface area (Å²) in [5, 5.41) is 0. The molecule has 0 saturated heterocycles. The fraction of sp³-hybridized carbons (Fsp3) is 1.00. The molecule has 0 N–H and O–H groups in total. The Kier molecular flexibility index (Phi) is 6.59. The molecular formula is C20H39N. The molecule has 0 spiro atoms. The summed E-state index contributed by atoms with van der Waals surface area (Å²) < 4.78 is 0. The van der Waals surface area contributed by atoms with Crippen molar-refractivity contribution >= 4 is 0 Å². The number of hydrogen-bond donors (Lipinski definition) is 0. The maximum atomic E-state index is 2.84. The van der Waals surface area contributed by atoms with Crippen LogP contribution in [0.3, 0.4) is 0 Å². The van der Waals surface area contributed by atoms with E-state index in [2.05, 4.69) is 25.8 Å². The molecule has 2 aliphatic carbocycles. The highest BCUT2D eigenvalue weighted by Gasteiger charge is 2.39. The molecule has 0 aromatic rings. The number of nitrogens with zero attached hydrogens (tertiary/aromatic N) is 1. The number of hydrogen-bond acceptors (Lipinski definition) is 1. The minimum atomic E-state index is 0.443. The third kappa shape index (κ3) is 4.71. The molecule has 2 aliphatic rings. The van der Waals surface area contributed by atoms with Gasteiger partial charge in [-0.15, -0.1) is 0 Å². The molecule has 0 unspecified atom stereocenters. The van der Waals surface area contributed by atoms with Crippen molar-refractivity contribution in [3.8, 4) is 0 Å². The van der Waals surface area contributed by atoms with E-state index in [1.165, 1.54) is 96.3 Å². The standard InChI is InChI=1S/C20H39N/c1-19(15-11-7-4-5-8-12-16-19)21(3)20(2)17-13-9-6-10-14-18-20/h4-18H2,1-3H3. The van der Waals surface area contributed by atoms with E-state index in [1.54, 1.807) is 0 Å². The first-order chi connectivity index (χ1) is 10.1. The second-order valence-electron chi connectivity index (χ2n) is 8.44. The van der Waals surface area contributed by atoms with Gasteiger partial charge in [0.25, 0.3) is 0 Å². The van der Waals surface area contributed by atoms with E-state index in [-0.39, 0.29) is 0 Å². The lowest BCUT2D eigenvalue weighted by Crippen LogP contribution is -2.56. The van der Waals surface area contributed by atoms with Crippen LogP contribution in [0.4, 0.5) is 0 Å². The SMILES string of the molecule is CN(C1(C)CCCCCCCC1)C1(C)CCCCCCC1. The van der Waals surface area contributed by atoms with E-state index in [0.29, 0.717) is 11.1 Å². The van der Waals surface area contributed by atoms with Gasteiger partial charge in [0.1, 0.15) is 0 Å². The lowest BCUT2D eigenvalue weighted by atomic mass is 9.78. The van der Waals surface area contributed by atoms with Crippen LogP contribution in [0.5, 0.6) is 0 Å². The minimum absolute atomic E-state index is 0.443. The average molecular weight is 294 g/mol. The van der Waals surface area contributed by atoms with Crippen molar-refractivity contribution in [3.63, 3.8) is 0 Å². The van der Waals surface area contributed by atoms with Gasteiger partial charge in [0.2, 0.25) is 0 Å². The molecule has 0 heterocycles. The summed E-state index contributed by atoms with van der Waals surface area (Å²) >= 11 is 0. The maximum Gasteiger partial charge on any atom is 0.0183 e. The smallest absolute Gasteiger partial charge is 0.0183 e. The molecule has 124 valence electrons. The van der Waals surface area contributed by atoms with Crippen molar-refractivity contribution in [1.82, 2.24) is 4.90 Å². The van der Waals surface area contributed by atoms with Gasteiger partial charge in [0, 0.05) is 11.1 Å². The number of rotatable bonds is 2. The van der Waals surface area contributed by atoms with Crippen LogP contribution in [-0.4, -0.2) is 23.0 Å². The Labute approximate surface area is 133 Å².